The number of alkyl halides is 3. The van der Waals surface area contributed by atoms with Crippen molar-refractivity contribution in [2.75, 3.05) is 44.8 Å². The third-order valence-electron chi connectivity index (χ3n) is 7.28. The summed E-state index contributed by atoms with van der Waals surface area (Å²) in [4.78, 5) is 2.41. The Labute approximate surface area is 197 Å². The topological polar surface area (TPSA) is 59.5 Å². The lowest BCUT2D eigenvalue weighted by molar-refractivity contribution is -0.137. The minimum absolute atomic E-state index is 0.0339. The highest BCUT2D eigenvalue weighted by molar-refractivity contribution is 5.66. The molecule has 4 atom stereocenters. The lowest BCUT2D eigenvalue weighted by Crippen LogP contribution is -2.39. The minimum Gasteiger partial charge on any atom is -0.376 e. The van der Waals surface area contributed by atoms with Crippen molar-refractivity contribution in [3.8, 4) is 11.3 Å². The van der Waals surface area contributed by atoms with Gasteiger partial charge in [-0.15, -0.1) is 10.2 Å². The molecule has 2 aromatic rings. The first kappa shape index (κ1) is 23.5. The van der Waals surface area contributed by atoms with E-state index in [1.54, 1.807) is 0 Å². The second-order valence-electron chi connectivity index (χ2n) is 9.93. The Balaban J connectivity index is 1.26. The highest BCUT2D eigenvalue weighted by Gasteiger charge is 2.43. The van der Waals surface area contributed by atoms with Gasteiger partial charge in [0.2, 0.25) is 0 Å². The molecule has 2 aliphatic heterocycles. The van der Waals surface area contributed by atoms with Gasteiger partial charge in [-0.2, -0.15) is 13.2 Å². The maximum Gasteiger partial charge on any atom is 0.420 e. The van der Waals surface area contributed by atoms with Crippen molar-refractivity contribution in [2.45, 2.75) is 45.0 Å². The summed E-state index contributed by atoms with van der Waals surface area (Å²) < 4.78 is 53.2. The number of ether oxygens (including phenoxy) is 2. The number of fused-ring (bicyclic) bond motifs is 1. The molecule has 1 N–H and O–H groups in total. The summed E-state index contributed by atoms with van der Waals surface area (Å²) in [5.41, 5.74) is 1.99. The first-order chi connectivity index (χ1) is 16.3. The molecular formula is C25H31F3N4O2. The molecule has 34 heavy (non-hydrogen) atoms. The fraction of sp³-hybridized carbons (Fsp3) is 0.600. The van der Waals surface area contributed by atoms with E-state index in [2.05, 4.69) is 20.4 Å². The molecule has 1 aliphatic carbocycles. The van der Waals surface area contributed by atoms with Crippen molar-refractivity contribution in [3.05, 3.63) is 41.0 Å². The molecule has 0 radical (unpaired) electrons. The van der Waals surface area contributed by atoms with Crippen LogP contribution in [-0.4, -0.2) is 66.7 Å². The first-order valence-electron chi connectivity index (χ1n) is 12.0. The van der Waals surface area contributed by atoms with E-state index in [4.69, 9.17) is 9.47 Å². The summed E-state index contributed by atoms with van der Waals surface area (Å²) in [5, 5.41) is 11.3. The highest BCUT2D eigenvalue weighted by atomic mass is 19.4. The Bertz CT molecular complexity index is 1010. The Kier molecular flexibility index (Phi) is 6.52. The van der Waals surface area contributed by atoms with Crippen LogP contribution in [0, 0.1) is 25.7 Å². The maximum absolute atomic E-state index is 14.0. The van der Waals surface area contributed by atoms with Gasteiger partial charge in [0.1, 0.15) is 5.56 Å². The van der Waals surface area contributed by atoms with Crippen LogP contribution < -0.4 is 5.32 Å². The van der Waals surface area contributed by atoms with E-state index in [1.807, 2.05) is 32.0 Å². The van der Waals surface area contributed by atoms with Gasteiger partial charge in [-0.1, -0.05) is 17.7 Å². The summed E-state index contributed by atoms with van der Waals surface area (Å²) in [6, 6.07) is 6.76. The second kappa shape index (κ2) is 9.43. The molecule has 0 spiro atoms. The van der Waals surface area contributed by atoms with E-state index in [0.717, 1.165) is 49.7 Å². The van der Waals surface area contributed by atoms with Crippen LogP contribution in [0.25, 0.3) is 11.3 Å². The molecule has 1 saturated carbocycles. The number of nitrogens with one attached hydrogen (secondary N) is 1. The van der Waals surface area contributed by atoms with Crippen LogP contribution in [0.1, 0.15) is 29.5 Å². The van der Waals surface area contributed by atoms with Crippen molar-refractivity contribution in [1.82, 2.24) is 15.1 Å². The van der Waals surface area contributed by atoms with E-state index < -0.39 is 11.7 Å². The second-order valence-corrected chi connectivity index (χ2v) is 9.93. The standard InChI is InChI=1S/C25H31F3N4O2/c1-15-3-4-16(2)21(7-15)23-10-22(25(26,27)28)24(31-30-23)29-19-8-17-11-32(12-18(17)9-19)13-20-14-33-5-6-34-20/h3-4,7,10,17-20H,5-6,8-9,11-14H2,1-2H3,(H,29,31)/t17-,18+,19?,20-/m0/s1. The van der Waals surface area contributed by atoms with Gasteiger partial charge in [0.25, 0.3) is 0 Å². The van der Waals surface area contributed by atoms with Gasteiger partial charge in [0, 0.05) is 31.2 Å². The quantitative estimate of drug-likeness (QED) is 0.694. The third kappa shape index (κ3) is 5.06. The fourth-order valence-electron chi connectivity index (χ4n) is 5.65. The molecular weight excluding hydrogens is 445 g/mol. The largest absolute Gasteiger partial charge is 0.420 e. The molecule has 184 valence electrons. The maximum atomic E-state index is 14.0. The Hall–Kier alpha value is -2.23. The lowest BCUT2D eigenvalue weighted by atomic mass is 10.0. The molecule has 5 rings (SSSR count). The average molecular weight is 477 g/mol. The number of aromatic nitrogens is 2. The van der Waals surface area contributed by atoms with E-state index in [1.165, 1.54) is 0 Å². The summed E-state index contributed by atoms with van der Waals surface area (Å²) in [6.45, 7) is 8.46. The van der Waals surface area contributed by atoms with Gasteiger partial charge < -0.3 is 19.7 Å². The summed E-state index contributed by atoms with van der Waals surface area (Å²) in [7, 11) is 0. The lowest BCUT2D eigenvalue weighted by Gasteiger charge is -2.28. The average Bonchev–Trinajstić information content (AvgIpc) is 3.33. The Morgan fingerprint density at radius 1 is 1.06 bits per heavy atom. The Morgan fingerprint density at radius 3 is 2.50 bits per heavy atom. The van der Waals surface area contributed by atoms with Crippen LogP contribution in [0.3, 0.4) is 0 Å². The van der Waals surface area contributed by atoms with Crippen molar-refractivity contribution in [1.29, 1.82) is 0 Å². The number of aryl methyl sites for hydroxylation is 2. The van der Waals surface area contributed by atoms with Crippen molar-refractivity contribution in [3.63, 3.8) is 0 Å². The zero-order valence-corrected chi connectivity index (χ0v) is 19.6. The molecule has 0 bridgehead atoms. The van der Waals surface area contributed by atoms with Crippen molar-refractivity contribution in [2.24, 2.45) is 11.8 Å². The predicted molar refractivity (Wildman–Crippen MR) is 123 cm³/mol. The van der Waals surface area contributed by atoms with Gasteiger partial charge in [-0.3, -0.25) is 0 Å². The summed E-state index contributed by atoms with van der Waals surface area (Å²) in [6.07, 6.45) is -2.73. The van der Waals surface area contributed by atoms with E-state index in [0.29, 0.717) is 37.2 Å². The summed E-state index contributed by atoms with van der Waals surface area (Å²) in [5.74, 6) is 0.771. The molecule has 2 saturated heterocycles. The fourth-order valence-corrected chi connectivity index (χ4v) is 5.65. The van der Waals surface area contributed by atoms with Crippen LogP contribution in [0.2, 0.25) is 0 Å². The van der Waals surface area contributed by atoms with E-state index >= 15 is 0 Å². The number of anilines is 1. The van der Waals surface area contributed by atoms with E-state index in [9.17, 15) is 13.2 Å². The number of rotatable bonds is 5. The van der Waals surface area contributed by atoms with Gasteiger partial charge in [-0.25, -0.2) is 0 Å². The molecule has 0 amide bonds. The van der Waals surface area contributed by atoms with E-state index in [-0.39, 0.29) is 23.7 Å². The zero-order chi connectivity index (χ0) is 23.9. The van der Waals surface area contributed by atoms with Gasteiger partial charge in [-0.05, 0) is 56.2 Å². The van der Waals surface area contributed by atoms with Crippen molar-refractivity contribution >= 4 is 5.82 Å². The number of halogens is 3. The molecule has 9 heteroatoms. The Morgan fingerprint density at radius 2 is 1.82 bits per heavy atom. The van der Waals surface area contributed by atoms with Crippen LogP contribution in [0.5, 0.6) is 0 Å². The normalized spacial score (nSPS) is 27.7. The molecule has 3 heterocycles. The molecule has 1 aromatic carbocycles. The molecule has 3 fully saturated rings. The SMILES string of the molecule is Cc1ccc(C)c(-c2cc(C(F)(F)F)c(NC3C[C@@H]4CN(C[C@H]5COCCO5)C[C@@H]4C3)nn2)c1. The number of nitrogens with zero attached hydrogens (tertiary/aromatic N) is 3. The number of hydrogen-bond donors (Lipinski definition) is 1. The third-order valence-corrected chi connectivity index (χ3v) is 7.28. The number of benzene rings is 1. The van der Waals surface area contributed by atoms with Gasteiger partial charge in [0.05, 0.1) is 31.6 Å². The van der Waals surface area contributed by atoms with Crippen LogP contribution >= 0.6 is 0 Å². The molecule has 6 nitrogen and oxygen atoms in total. The smallest absolute Gasteiger partial charge is 0.376 e. The van der Waals surface area contributed by atoms with Crippen LogP contribution in [-0.2, 0) is 15.7 Å². The molecule has 3 aliphatic rings. The summed E-state index contributed by atoms with van der Waals surface area (Å²) >= 11 is 0. The molecule has 1 unspecified atom stereocenters. The number of likely N-dealkylation sites (tertiary alicyclic amines) is 1. The zero-order valence-electron chi connectivity index (χ0n) is 19.6. The van der Waals surface area contributed by atoms with Crippen LogP contribution in [0.15, 0.2) is 24.3 Å². The predicted octanol–water partition coefficient (Wildman–Crippen LogP) is 4.32. The van der Waals surface area contributed by atoms with Gasteiger partial charge in [0.15, 0.2) is 5.82 Å². The van der Waals surface area contributed by atoms with Crippen LogP contribution in [0.4, 0.5) is 19.0 Å². The van der Waals surface area contributed by atoms with Gasteiger partial charge >= 0.3 is 6.18 Å². The first-order valence-corrected chi connectivity index (χ1v) is 12.0. The molecule has 1 aromatic heterocycles. The minimum atomic E-state index is -4.52. The van der Waals surface area contributed by atoms with Crippen molar-refractivity contribution < 1.29 is 22.6 Å². The number of hydrogen-bond acceptors (Lipinski definition) is 6. The monoisotopic (exact) mass is 476 g/mol. The highest BCUT2D eigenvalue weighted by Crippen LogP contribution is 2.41.